The number of ether oxygens (including phenoxy) is 1. The number of aromatic carboxylic acids is 1. The van der Waals surface area contributed by atoms with E-state index in [0.717, 1.165) is 29.2 Å². The van der Waals surface area contributed by atoms with Crippen molar-refractivity contribution in [2.75, 3.05) is 44.2 Å². The Bertz CT molecular complexity index is 1100. The highest BCUT2D eigenvalue weighted by atomic mass is 19.4. The highest BCUT2D eigenvalue weighted by Gasteiger charge is 2.37. The number of benzene rings is 1. The summed E-state index contributed by atoms with van der Waals surface area (Å²) in [7, 11) is 0. The third-order valence-corrected chi connectivity index (χ3v) is 6.84. The van der Waals surface area contributed by atoms with E-state index >= 15 is 0 Å². The largest absolute Gasteiger partial charge is 0.476 e. The number of hydrogen-bond acceptors (Lipinski definition) is 6. The van der Waals surface area contributed by atoms with E-state index in [2.05, 4.69) is 10.00 Å². The van der Waals surface area contributed by atoms with E-state index in [1.165, 1.54) is 18.3 Å². The maximum Gasteiger partial charge on any atom is 0.416 e. The number of nitrogens with zero attached hydrogens (tertiary/aromatic N) is 5. The van der Waals surface area contributed by atoms with Crippen molar-refractivity contribution in [2.24, 2.45) is 0 Å². The molecule has 9 nitrogen and oxygen atoms in total. The second-order valence-electron chi connectivity index (χ2n) is 9.20. The number of amides is 1. The zero-order chi connectivity index (χ0) is 24.7. The number of carboxylic acid groups (broad SMARTS) is 1. The monoisotopic (exact) mass is 493 g/mol. The van der Waals surface area contributed by atoms with Crippen LogP contribution in [0.4, 0.5) is 23.7 Å². The van der Waals surface area contributed by atoms with Gasteiger partial charge in [-0.3, -0.25) is 4.90 Å². The molecule has 188 valence electrons. The summed E-state index contributed by atoms with van der Waals surface area (Å²) < 4.78 is 47.3. The lowest BCUT2D eigenvalue weighted by molar-refractivity contribution is -0.137. The van der Waals surface area contributed by atoms with Crippen molar-refractivity contribution in [3.8, 4) is 0 Å². The summed E-state index contributed by atoms with van der Waals surface area (Å²) in [4.78, 5) is 29.4. The number of halogens is 3. The lowest BCUT2D eigenvalue weighted by Crippen LogP contribution is -2.49. The van der Waals surface area contributed by atoms with E-state index in [1.807, 2.05) is 4.90 Å². The van der Waals surface area contributed by atoms with Gasteiger partial charge in [-0.1, -0.05) is 6.07 Å². The average molecular weight is 493 g/mol. The standard InChI is InChI=1S/C23H26F3N5O4/c24-23(25,26)16-2-1-15(20(11-16)30-13-17-3-4-18(14-30)35-17)12-28-7-9-29(10-8-28)22(34)31-6-5-19(27-31)21(32)33/h1-2,5-6,11,17-18H,3-4,7-10,12-14H2,(H,32,33). The number of carboxylic acids is 1. The average Bonchev–Trinajstić information content (AvgIpc) is 3.45. The van der Waals surface area contributed by atoms with Crippen LogP contribution in [0, 0.1) is 0 Å². The van der Waals surface area contributed by atoms with Crippen LogP contribution < -0.4 is 4.90 Å². The molecule has 12 heteroatoms. The number of piperazine rings is 1. The first-order valence-corrected chi connectivity index (χ1v) is 11.6. The number of morpholine rings is 1. The van der Waals surface area contributed by atoms with Crippen LogP contribution >= 0.6 is 0 Å². The first-order chi connectivity index (χ1) is 16.7. The molecule has 3 aliphatic heterocycles. The molecule has 1 amide bonds. The van der Waals surface area contributed by atoms with Crippen LogP contribution in [0.2, 0.25) is 0 Å². The Morgan fingerprint density at radius 1 is 1.06 bits per heavy atom. The van der Waals surface area contributed by atoms with Gasteiger partial charge in [-0.25, -0.2) is 9.59 Å². The van der Waals surface area contributed by atoms with Gasteiger partial charge in [0.25, 0.3) is 0 Å². The molecule has 4 heterocycles. The molecule has 3 saturated heterocycles. The molecule has 3 fully saturated rings. The van der Waals surface area contributed by atoms with Gasteiger partial charge in [-0.2, -0.15) is 23.0 Å². The molecule has 0 spiro atoms. The summed E-state index contributed by atoms with van der Waals surface area (Å²) in [6, 6.07) is 4.80. The number of aromatic nitrogens is 2. The van der Waals surface area contributed by atoms with Crippen LogP contribution in [0.5, 0.6) is 0 Å². The van der Waals surface area contributed by atoms with Crippen LogP contribution in [0.3, 0.4) is 0 Å². The van der Waals surface area contributed by atoms with Crippen molar-refractivity contribution in [1.29, 1.82) is 0 Å². The first-order valence-electron chi connectivity index (χ1n) is 11.6. The topological polar surface area (TPSA) is 91.1 Å². The molecule has 0 radical (unpaired) electrons. The predicted molar refractivity (Wildman–Crippen MR) is 118 cm³/mol. The Morgan fingerprint density at radius 3 is 2.34 bits per heavy atom. The Balaban J connectivity index is 1.27. The molecule has 35 heavy (non-hydrogen) atoms. The molecule has 3 aliphatic rings. The van der Waals surface area contributed by atoms with Gasteiger partial charge in [0.2, 0.25) is 0 Å². The van der Waals surface area contributed by atoms with Gasteiger partial charge in [0, 0.05) is 57.7 Å². The van der Waals surface area contributed by atoms with Crippen LogP contribution in [0.15, 0.2) is 30.5 Å². The Morgan fingerprint density at radius 2 is 1.74 bits per heavy atom. The summed E-state index contributed by atoms with van der Waals surface area (Å²) in [6.45, 7) is 3.50. The third-order valence-electron chi connectivity index (χ3n) is 6.84. The number of carbonyl (C=O) groups is 2. The quantitative estimate of drug-likeness (QED) is 0.701. The molecule has 0 saturated carbocycles. The van der Waals surface area contributed by atoms with E-state index in [0.29, 0.717) is 51.5 Å². The van der Waals surface area contributed by atoms with Gasteiger partial charge >= 0.3 is 18.2 Å². The first kappa shape index (κ1) is 23.6. The van der Waals surface area contributed by atoms with Crippen molar-refractivity contribution in [3.63, 3.8) is 0 Å². The van der Waals surface area contributed by atoms with Crippen LogP contribution in [-0.4, -0.2) is 88.2 Å². The zero-order valence-corrected chi connectivity index (χ0v) is 18.9. The van der Waals surface area contributed by atoms with Crippen molar-refractivity contribution in [1.82, 2.24) is 19.6 Å². The number of hydrogen-bond donors (Lipinski definition) is 1. The number of rotatable bonds is 4. The van der Waals surface area contributed by atoms with Gasteiger partial charge in [0.05, 0.1) is 17.8 Å². The maximum absolute atomic E-state index is 13.5. The SMILES string of the molecule is O=C(O)c1ccn(C(=O)N2CCN(Cc3ccc(C(F)(F)F)cc3N3CC4CCC(C3)O4)CC2)n1. The molecular formula is C23H26F3N5O4. The van der Waals surface area contributed by atoms with Crippen molar-refractivity contribution >= 4 is 17.7 Å². The maximum atomic E-state index is 13.5. The smallest absolute Gasteiger partial charge is 0.416 e. The lowest BCUT2D eigenvalue weighted by atomic mass is 10.1. The zero-order valence-electron chi connectivity index (χ0n) is 18.9. The minimum atomic E-state index is -4.42. The number of fused-ring (bicyclic) bond motifs is 2. The lowest BCUT2D eigenvalue weighted by Gasteiger charge is -2.37. The van der Waals surface area contributed by atoms with E-state index in [-0.39, 0.29) is 17.9 Å². The highest BCUT2D eigenvalue weighted by Crippen LogP contribution is 2.37. The Hall–Kier alpha value is -3.12. The van der Waals surface area contributed by atoms with E-state index in [9.17, 15) is 22.8 Å². The molecule has 2 aromatic rings. The van der Waals surface area contributed by atoms with Gasteiger partial charge in [0.15, 0.2) is 5.69 Å². The van der Waals surface area contributed by atoms with Crippen LogP contribution in [0.1, 0.15) is 34.5 Å². The van der Waals surface area contributed by atoms with Gasteiger partial charge in [-0.15, -0.1) is 0 Å². The van der Waals surface area contributed by atoms with E-state index < -0.39 is 23.7 Å². The number of alkyl halides is 3. The third kappa shape index (κ3) is 4.98. The molecule has 0 aliphatic carbocycles. The van der Waals surface area contributed by atoms with Crippen molar-refractivity contribution < 1.29 is 32.6 Å². The Kier molecular flexibility index (Phi) is 6.18. The second kappa shape index (κ2) is 9.15. The van der Waals surface area contributed by atoms with Gasteiger partial charge in [-0.05, 0) is 36.6 Å². The second-order valence-corrected chi connectivity index (χ2v) is 9.20. The molecule has 1 aromatic carbocycles. The molecule has 1 N–H and O–H groups in total. The van der Waals surface area contributed by atoms with E-state index in [1.54, 1.807) is 11.0 Å². The van der Waals surface area contributed by atoms with Gasteiger partial charge < -0.3 is 19.6 Å². The molecule has 2 atom stereocenters. The summed E-state index contributed by atoms with van der Waals surface area (Å²) in [5.41, 5.74) is 0.544. The molecule has 2 bridgehead atoms. The minimum absolute atomic E-state index is 0.0506. The summed E-state index contributed by atoms with van der Waals surface area (Å²) in [5, 5.41) is 12.8. The molecule has 1 aromatic heterocycles. The number of anilines is 1. The number of carbonyl (C=O) groups excluding carboxylic acids is 1. The fraction of sp³-hybridized carbons (Fsp3) is 0.522. The molecular weight excluding hydrogens is 467 g/mol. The van der Waals surface area contributed by atoms with Crippen molar-refractivity contribution in [2.45, 2.75) is 37.8 Å². The predicted octanol–water partition coefficient (Wildman–Crippen LogP) is 2.75. The summed E-state index contributed by atoms with van der Waals surface area (Å²) >= 11 is 0. The van der Waals surface area contributed by atoms with E-state index in [4.69, 9.17) is 9.84 Å². The van der Waals surface area contributed by atoms with Crippen LogP contribution in [0.25, 0.3) is 0 Å². The van der Waals surface area contributed by atoms with Gasteiger partial charge in [0.1, 0.15) is 0 Å². The van der Waals surface area contributed by atoms with Crippen molar-refractivity contribution in [3.05, 3.63) is 47.3 Å². The molecule has 2 unspecified atom stereocenters. The minimum Gasteiger partial charge on any atom is -0.476 e. The normalized spacial score (nSPS) is 23.1. The van der Waals surface area contributed by atoms with Crippen LogP contribution in [-0.2, 0) is 17.5 Å². The fourth-order valence-electron chi connectivity index (χ4n) is 5.01. The summed E-state index contributed by atoms with van der Waals surface area (Å²) in [5.74, 6) is -1.21. The molecule has 5 rings (SSSR count). The Labute approximate surface area is 199 Å². The fourth-order valence-corrected chi connectivity index (χ4v) is 5.01. The summed E-state index contributed by atoms with van der Waals surface area (Å²) in [6.07, 6.45) is -1.14. The highest BCUT2D eigenvalue weighted by molar-refractivity contribution is 5.86.